The number of thiazole rings is 1. The van der Waals surface area contributed by atoms with Crippen LogP contribution >= 0.6 is 22.9 Å². The molecule has 2 aromatic heterocycles. The first-order valence-electron chi connectivity index (χ1n) is 8.32. The van der Waals surface area contributed by atoms with Gasteiger partial charge in [0.2, 0.25) is 5.88 Å². The van der Waals surface area contributed by atoms with Gasteiger partial charge >= 0.3 is 6.09 Å². The Labute approximate surface area is 161 Å². The van der Waals surface area contributed by atoms with E-state index in [2.05, 4.69) is 24.1 Å². The first kappa shape index (κ1) is 18.5. The van der Waals surface area contributed by atoms with Crippen LogP contribution in [0.15, 0.2) is 48.8 Å². The highest BCUT2D eigenvalue weighted by Gasteiger charge is 2.14. The van der Waals surface area contributed by atoms with Gasteiger partial charge in [-0.2, -0.15) is 0 Å². The second-order valence-electron chi connectivity index (χ2n) is 6.38. The molecule has 1 N–H and O–H groups in total. The van der Waals surface area contributed by atoms with Gasteiger partial charge < -0.3 is 9.30 Å². The average molecular weight is 390 g/mol. The topological polar surface area (TPSA) is 56.1 Å². The summed E-state index contributed by atoms with van der Waals surface area (Å²) in [6, 6.07) is 12.0. The van der Waals surface area contributed by atoms with Crippen molar-refractivity contribution in [3.05, 3.63) is 64.3 Å². The monoisotopic (exact) mass is 389 g/mol. The molecule has 0 unspecified atom stereocenters. The van der Waals surface area contributed by atoms with Crippen LogP contribution in [0.1, 0.15) is 25.0 Å². The molecule has 0 saturated carbocycles. The number of rotatable bonds is 6. The lowest BCUT2D eigenvalue weighted by Gasteiger charge is -2.09. The Kier molecular flexibility index (Phi) is 5.96. The van der Waals surface area contributed by atoms with Crippen LogP contribution in [0.4, 0.5) is 9.93 Å². The Bertz CT molecular complexity index is 874. The van der Waals surface area contributed by atoms with Gasteiger partial charge in [0, 0.05) is 12.3 Å². The maximum atomic E-state index is 12.2. The third-order valence-corrected chi connectivity index (χ3v) is 4.67. The molecule has 2 heterocycles. The van der Waals surface area contributed by atoms with Crippen LogP contribution in [0.25, 0.3) is 0 Å². The number of amides is 1. The number of halogens is 1. The van der Waals surface area contributed by atoms with Crippen LogP contribution in [0, 0.1) is 5.92 Å². The van der Waals surface area contributed by atoms with E-state index in [1.165, 1.54) is 17.5 Å². The van der Waals surface area contributed by atoms with Crippen LogP contribution in [0.5, 0.6) is 5.88 Å². The SMILES string of the molecule is CC(C)Cc1cc(OC(=O)Nc2ncc(Cl)s2)n(Cc2ccccc2)c1. The molecule has 0 aliphatic rings. The zero-order valence-electron chi connectivity index (χ0n) is 14.6. The number of benzene rings is 1. The summed E-state index contributed by atoms with van der Waals surface area (Å²) >= 11 is 7.01. The normalized spacial score (nSPS) is 10.9. The highest BCUT2D eigenvalue weighted by atomic mass is 35.5. The smallest absolute Gasteiger partial charge is 0.393 e. The van der Waals surface area contributed by atoms with Crippen LogP contribution in [-0.2, 0) is 13.0 Å². The second kappa shape index (κ2) is 8.38. The molecule has 0 bridgehead atoms. The van der Waals surface area contributed by atoms with Crippen molar-refractivity contribution in [3.63, 3.8) is 0 Å². The minimum Gasteiger partial charge on any atom is -0.393 e. The van der Waals surface area contributed by atoms with Crippen molar-refractivity contribution in [2.24, 2.45) is 5.92 Å². The number of anilines is 1. The molecule has 3 aromatic rings. The summed E-state index contributed by atoms with van der Waals surface area (Å²) in [6.07, 6.45) is 3.86. The molecule has 0 fully saturated rings. The highest BCUT2D eigenvalue weighted by molar-refractivity contribution is 7.19. The lowest BCUT2D eigenvalue weighted by Crippen LogP contribution is -2.18. The van der Waals surface area contributed by atoms with Crippen molar-refractivity contribution in [2.75, 3.05) is 5.32 Å². The molecule has 1 aromatic carbocycles. The Hall–Kier alpha value is -2.31. The van der Waals surface area contributed by atoms with Crippen molar-refractivity contribution in [1.29, 1.82) is 0 Å². The molecular weight excluding hydrogens is 370 g/mol. The summed E-state index contributed by atoms with van der Waals surface area (Å²) in [5.74, 6) is 1.02. The van der Waals surface area contributed by atoms with Crippen molar-refractivity contribution in [1.82, 2.24) is 9.55 Å². The van der Waals surface area contributed by atoms with E-state index in [9.17, 15) is 4.79 Å². The molecule has 5 nitrogen and oxygen atoms in total. The van der Waals surface area contributed by atoms with Gasteiger partial charge in [0.05, 0.1) is 12.7 Å². The minimum atomic E-state index is -0.584. The molecular formula is C19H20ClN3O2S. The van der Waals surface area contributed by atoms with Crippen LogP contribution < -0.4 is 10.1 Å². The summed E-state index contributed by atoms with van der Waals surface area (Å²) in [7, 11) is 0. The third kappa shape index (κ3) is 5.09. The fraction of sp³-hybridized carbons (Fsp3) is 0.263. The number of hydrogen-bond acceptors (Lipinski definition) is 4. The number of carbonyl (C=O) groups excluding carboxylic acids is 1. The number of nitrogens with one attached hydrogen (secondary N) is 1. The van der Waals surface area contributed by atoms with Gasteiger partial charge in [-0.25, -0.2) is 9.78 Å². The zero-order valence-corrected chi connectivity index (χ0v) is 16.2. The lowest BCUT2D eigenvalue weighted by atomic mass is 10.1. The number of aromatic nitrogens is 2. The van der Waals surface area contributed by atoms with E-state index >= 15 is 0 Å². The Balaban J connectivity index is 1.77. The maximum Gasteiger partial charge on any atom is 0.420 e. The summed E-state index contributed by atoms with van der Waals surface area (Å²) < 4.78 is 7.98. The van der Waals surface area contributed by atoms with Crippen LogP contribution in [0.3, 0.4) is 0 Å². The van der Waals surface area contributed by atoms with Gasteiger partial charge in [0.25, 0.3) is 0 Å². The summed E-state index contributed by atoms with van der Waals surface area (Å²) in [5, 5.41) is 3.01. The molecule has 26 heavy (non-hydrogen) atoms. The molecule has 0 aliphatic heterocycles. The van der Waals surface area contributed by atoms with Gasteiger partial charge in [-0.3, -0.25) is 5.32 Å². The van der Waals surface area contributed by atoms with Crippen molar-refractivity contribution < 1.29 is 9.53 Å². The van der Waals surface area contributed by atoms with Gasteiger partial charge in [-0.05, 0) is 23.5 Å². The van der Waals surface area contributed by atoms with E-state index < -0.39 is 6.09 Å². The number of hydrogen-bond donors (Lipinski definition) is 1. The third-order valence-electron chi connectivity index (χ3n) is 3.64. The predicted molar refractivity (Wildman–Crippen MR) is 105 cm³/mol. The lowest BCUT2D eigenvalue weighted by molar-refractivity contribution is 0.211. The van der Waals surface area contributed by atoms with Gasteiger partial charge in [-0.15, -0.1) is 0 Å². The van der Waals surface area contributed by atoms with Crippen molar-refractivity contribution in [3.8, 4) is 5.88 Å². The Morgan fingerprint density at radius 3 is 2.73 bits per heavy atom. The molecule has 3 rings (SSSR count). The van der Waals surface area contributed by atoms with Gasteiger partial charge in [0.1, 0.15) is 4.34 Å². The van der Waals surface area contributed by atoms with E-state index in [1.54, 1.807) is 0 Å². The molecule has 0 atom stereocenters. The Morgan fingerprint density at radius 1 is 1.31 bits per heavy atom. The fourth-order valence-corrected chi connectivity index (χ4v) is 3.44. The fourth-order valence-electron chi connectivity index (χ4n) is 2.64. The minimum absolute atomic E-state index is 0.406. The summed E-state index contributed by atoms with van der Waals surface area (Å²) in [5.41, 5.74) is 2.27. The molecule has 1 amide bonds. The average Bonchev–Trinajstić information content (AvgIpc) is 3.14. The predicted octanol–water partition coefficient (Wildman–Crippen LogP) is 5.46. The van der Waals surface area contributed by atoms with Gasteiger partial charge in [-0.1, -0.05) is 67.1 Å². The molecule has 0 radical (unpaired) electrons. The van der Waals surface area contributed by atoms with E-state index in [4.69, 9.17) is 16.3 Å². The van der Waals surface area contributed by atoms with Crippen LogP contribution in [0.2, 0.25) is 4.34 Å². The number of nitrogens with zero attached hydrogens (tertiary/aromatic N) is 2. The molecule has 0 saturated heterocycles. The largest absolute Gasteiger partial charge is 0.420 e. The Morgan fingerprint density at radius 2 is 2.08 bits per heavy atom. The van der Waals surface area contributed by atoms with E-state index in [-0.39, 0.29) is 0 Å². The first-order chi connectivity index (χ1) is 12.5. The summed E-state index contributed by atoms with van der Waals surface area (Å²) in [6.45, 7) is 4.95. The number of ether oxygens (including phenoxy) is 1. The molecule has 0 spiro atoms. The quantitative estimate of drug-likeness (QED) is 0.609. The van der Waals surface area contributed by atoms with Crippen molar-refractivity contribution >= 4 is 34.2 Å². The first-order valence-corrected chi connectivity index (χ1v) is 9.52. The molecule has 136 valence electrons. The number of carbonyl (C=O) groups is 1. The highest BCUT2D eigenvalue weighted by Crippen LogP contribution is 2.24. The van der Waals surface area contributed by atoms with Crippen LogP contribution in [-0.4, -0.2) is 15.6 Å². The maximum absolute atomic E-state index is 12.2. The van der Waals surface area contributed by atoms with E-state index in [0.717, 1.165) is 17.5 Å². The van der Waals surface area contributed by atoms with Crippen molar-refractivity contribution in [2.45, 2.75) is 26.8 Å². The zero-order chi connectivity index (χ0) is 18.5. The molecule has 7 heteroatoms. The summed E-state index contributed by atoms with van der Waals surface area (Å²) in [4.78, 5) is 16.2. The van der Waals surface area contributed by atoms with Gasteiger partial charge in [0.15, 0.2) is 5.13 Å². The second-order valence-corrected chi connectivity index (χ2v) is 8.04. The van der Waals surface area contributed by atoms with E-state index in [1.807, 2.05) is 47.2 Å². The molecule has 0 aliphatic carbocycles. The standard InChI is InChI=1S/C19H20ClN3O2S/c1-13(2)8-15-9-17(23(12-15)11-14-6-4-3-5-7-14)25-19(24)22-18-21-10-16(20)26-18/h3-7,9-10,12-13H,8,11H2,1-2H3,(H,21,22,24). The van der Waals surface area contributed by atoms with E-state index in [0.29, 0.717) is 27.8 Å².